The third-order valence-electron chi connectivity index (χ3n) is 8.14. The van der Waals surface area contributed by atoms with Gasteiger partial charge in [-0.15, -0.1) is 0 Å². The lowest BCUT2D eigenvalue weighted by atomic mass is 9.92. The fourth-order valence-electron chi connectivity index (χ4n) is 5.81. The Morgan fingerprint density at radius 1 is 0.947 bits per heavy atom. The van der Waals surface area contributed by atoms with Gasteiger partial charge in [0.25, 0.3) is 11.8 Å². The molecule has 5 rings (SSSR count). The smallest absolute Gasteiger partial charge is 0.258 e. The van der Waals surface area contributed by atoms with Crippen LogP contribution in [-0.2, 0) is 10.4 Å². The first-order valence-electron chi connectivity index (χ1n) is 13.5. The first kappa shape index (κ1) is 28.7. The molecule has 0 aromatic heterocycles. The molecule has 0 saturated carbocycles. The number of nitrogens with one attached hydrogen (secondary N) is 1. The lowest BCUT2D eigenvalue weighted by Crippen LogP contribution is -2.61. The summed E-state index contributed by atoms with van der Waals surface area (Å²) in [5.74, 6) is -0.194. The first-order chi connectivity index (χ1) is 17.8. The third-order valence-corrected chi connectivity index (χ3v) is 8.46. The zero-order valence-corrected chi connectivity index (χ0v) is 23.8. The highest BCUT2D eigenvalue weighted by atomic mass is 35.5. The highest BCUT2D eigenvalue weighted by molar-refractivity contribution is 7.59. The van der Waals surface area contributed by atoms with E-state index in [1.165, 1.54) is 6.42 Å². The van der Waals surface area contributed by atoms with Crippen molar-refractivity contribution in [1.29, 1.82) is 0 Å². The molecule has 38 heavy (non-hydrogen) atoms. The van der Waals surface area contributed by atoms with Crippen molar-refractivity contribution in [2.75, 3.05) is 44.6 Å². The van der Waals surface area contributed by atoms with Gasteiger partial charge in [0, 0.05) is 51.0 Å². The van der Waals surface area contributed by atoms with Gasteiger partial charge in [-0.25, -0.2) is 0 Å². The van der Waals surface area contributed by atoms with E-state index >= 15 is 0 Å². The molecule has 3 aliphatic rings. The van der Waals surface area contributed by atoms with E-state index in [9.17, 15) is 14.7 Å². The minimum absolute atomic E-state index is 0. The molecule has 0 radical (unpaired) electrons. The normalized spacial score (nSPS) is 20.7. The highest BCUT2D eigenvalue weighted by Gasteiger charge is 2.40. The minimum atomic E-state index is -1.50. The number of carbonyl (C=O) groups excluding carboxylic acids is 2. The molecule has 9 heteroatoms. The summed E-state index contributed by atoms with van der Waals surface area (Å²) in [5.41, 5.74) is 0.641. The van der Waals surface area contributed by atoms with Gasteiger partial charge in [-0.2, -0.15) is 13.5 Å². The summed E-state index contributed by atoms with van der Waals surface area (Å²) in [6.45, 7) is 6.40. The molecular weight excluding hydrogens is 520 g/mol. The number of halogens is 1. The maximum Gasteiger partial charge on any atom is 0.258 e. The van der Waals surface area contributed by atoms with E-state index in [0.29, 0.717) is 41.3 Å². The summed E-state index contributed by atoms with van der Waals surface area (Å²) < 4.78 is 0. The Labute approximate surface area is 237 Å². The van der Waals surface area contributed by atoms with E-state index < -0.39 is 5.60 Å². The molecule has 3 saturated heterocycles. The SMILES string of the molecule is C[C@](O)(C(=O)N1CCC(N2CC(Nc3ccc(C(=O)N4CCCCC4)c(Cl)c3)C2)CC1)c1ccccc1.S. The zero-order chi connectivity index (χ0) is 26.0. The number of piperidine rings is 2. The average Bonchev–Trinajstić information content (AvgIpc) is 2.91. The highest BCUT2D eigenvalue weighted by Crippen LogP contribution is 2.29. The summed E-state index contributed by atoms with van der Waals surface area (Å²) in [6.07, 6.45) is 5.12. The summed E-state index contributed by atoms with van der Waals surface area (Å²) in [6, 6.07) is 15.6. The molecule has 2 amide bonds. The van der Waals surface area contributed by atoms with Crippen LogP contribution < -0.4 is 5.32 Å². The average molecular weight is 559 g/mol. The molecule has 0 aliphatic carbocycles. The summed E-state index contributed by atoms with van der Waals surface area (Å²) in [7, 11) is 0. The van der Waals surface area contributed by atoms with Crippen LogP contribution in [0.5, 0.6) is 0 Å². The maximum atomic E-state index is 13.0. The van der Waals surface area contributed by atoms with Crippen LogP contribution in [0.3, 0.4) is 0 Å². The molecule has 3 heterocycles. The molecule has 206 valence electrons. The molecule has 2 N–H and O–H groups in total. The van der Waals surface area contributed by atoms with Crippen molar-refractivity contribution in [2.24, 2.45) is 0 Å². The summed E-state index contributed by atoms with van der Waals surface area (Å²) >= 11 is 6.50. The lowest BCUT2D eigenvalue weighted by Gasteiger charge is -2.48. The standard InChI is InChI=1S/C29H37ClN4O3.H2S/c1-29(37,21-8-4-2-5-9-21)28(36)33-16-12-24(13-17-33)34-19-23(20-34)31-22-10-11-25(26(30)18-22)27(35)32-14-6-3-7-15-32;/h2,4-5,8-11,18,23-24,31,37H,3,6-7,12-17,19-20H2,1H3;1H2/t29-;/m1./s1. The van der Waals surface area contributed by atoms with Crippen molar-refractivity contribution in [3.8, 4) is 0 Å². The van der Waals surface area contributed by atoms with Crippen LogP contribution >= 0.6 is 25.1 Å². The van der Waals surface area contributed by atoms with Crippen LogP contribution in [0.1, 0.15) is 54.9 Å². The van der Waals surface area contributed by atoms with Crippen LogP contribution in [0.4, 0.5) is 5.69 Å². The van der Waals surface area contributed by atoms with E-state index in [2.05, 4.69) is 10.2 Å². The van der Waals surface area contributed by atoms with E-state index in [4.69, 9.17) is 11.6 Å². The fraction of sp³-hybridized carbons (Fsp3) is 0.517. The summed E-state index contributed by atoms with van der Waals surface area (Å²) in [4.78, 5) is 32.0. The number of aliphatic hydroxyl groups is 1. The van der Waals surface area contributed by atoms with Crippen LogP contribution in [0.25, 0.3) is 0 Å². The number of hydrogen-bond donors (Lipinski definition) is 2. The van der Waals surface area contributed by atoms with E-state index in [1.807, 2.05) is 41.3 Å². The first-order valence-corrected chi connectivity index (χ1v) is 13.9. The maximum absolute atomic E-state index is 13.0. The number of likely N-dealkylation sites (tertiary alicyclic amines) is 3. The van der Waals surface area contributed by atoms with Crippen molar-refractivity contribution in [3.63, 3.8) is 0 Å². The van der Waals surface area contributed by atoms with E-state index in [-0.39, 0.29) is 25.3 Å². The number of anilines is 1. The second kappa shape index (κ2) is 12.3. The van der Waals surface area contributed by atoms with Gasteiger partial charge >= 0.3 is 0 Å². The molecule has 0 spiro atoms. The lowest BCUT2D eigenvalue weighted by molar-refractivity contribution is -0.152. The Morgan fingerprint density at radius 3 is 2.24 bits per heavy atom. The second-order valence-electron chi connectivity index (χ2n) is 10.8. The largest absolute Gasteiger partial charge is 0.380 e. The van der Waals surface area contributed by atoms with E-state index in [0.717, 1.165) is 57.5 Å². The number of carbonyl (C=O) groups is 2. The summed E-state index contributed by atoms with van der Waals surface area (Å²) in [5, 5.41) is 15.0. The van der Waals surface area contributed by atoms with E-state index in [1.54, 1.807) is 24.0 Å². The van der Waals surface area contributed by atoms with Crippen LogP contribution in [0, 0.1) is 0 Å². The van der Waals surface area contributed by atoms with Gasteiger partial charge in [-0.3, -0.25) is 14.5 Å². The molecule has 3 aliphatic heterocycles. The predicted octanol–water partition coefficient (Wildman–Crippen LogP) is 4.07. The van der Waals surface area contributed by atoms with Gasteiger partial charge in [0.1, 0.15) is 0 Å². The second-order valence-corrected chi connectivity index (χ2v) is 11.2. The minimum Gasteiger partial charge on any atom is -0.380 e. The van der Waals surface area contributed by atoms with Gasteiger partial charge < -0.3 is 20.2 Å². The predicted molar refractivity (Wildman–Crippen MR) is 156 cm³/mol. The molecule has 7 nitrogen and oxygen atoms in total. The Hall–Kier alpha value is -2.26. The number of rotatable bonds is 6. The monoisotopic (exact) mass is 558 g/mol. The van der Waals surface area contributed by atoms with Crippen LogP contribution in [0.15, 0.2) is 48.5 Å². The zero-order valence-electron chi connectivity index (χ0n) is 22.0. The molecule has 2 aromatic rings. The number of nitrogens with zero attached hydrogens (tertiary/aromatic N) is 3. The van der Waals surface area contributed by atoms with Gasteiger partial charge in [-0.05, 0) is 62.8 Å². The van der Waals surface area contributed by atoms with Crippen molar-refractivity contribution >= 4 is 42.6 Å². The number of amides is 2. The number of hydrogen-bond acceptors (Lipinski definition) is 5. The Bertz CT molecular complexity index is 1110. The fourth-order valence-corrected chi connectivity index (χ4v) is 6.07. The Kier molecular flexibility index (Phi) is 9.29. The Morgan fingerprint density at radius 2 is 1.61 bits per heavy atom. The van der Waals surface area contributed by atoms with Gasteiger partial charge in [0.2, 0.25) is 0 Å². The van der Waals surface area contributed by atoms with Gasteiger partial charge in [0.15, 0.2) is 5.60 Å². The van der Waals surface area contributed by atoms with Crippen molar-refractivity contribution in [3.05, 3.63) is 64.7 Å². The van der Waals surface area contributed by atoms with Crippen LogP contribution in [-0.4, -0.2) is 83.0 Å². The van der Waals surface area contributed by atoms with Crippen molar-refractivity contribution in [2.45, 2.75) is 56.7 Å². The quantitative estimate of drug-likeness (QED) is 0.559. The molecule has 3 fully saturated rings. The molecular formula is C29H39ClN4O3S. The topological polar surface area (TPSA) is 76.1 Å². The Balaban J connectivity index is 0.00000336. The third kappa shape index (κ3) is 6.14. The van der Waals surface area contributed by atoms with Gasteiger partial charge in [-0.1, -0.05) is 41.9 Å². The van der Waals surface area contributed by atoms with Crippen molar-refractivity contribution in [1.82, 2.24) is 14.7 Å². The number of benzene rings is 2. The molecule has 0 bridgehead atoms. The molecule has 2 aromatic carbocycles. The van der Waals surface area contributed by atoms with Crippen molar-refractivity contribution < 1.29 is 14.7 Å². The molecule has 1 atom stereocenters. The molecule has 0 unspecified atom stereocenters. The van der Waals surface area contributed by atoms with Crippen LogP contribution in [0.2, 0.25) is 5.02 Å². The van der Waals surface area contributed by atoms with Gasteiger partial charge in [0.05, 0.1) is 16.6 Å².